The van der Waals surface area contributed by atoms with Crippen molar-refractivity contribution in [2.75, 3.05) is 12.4 Å². The summed E-state index contributed by atoms with van der Waals surface area (Å²) >= 11 is 1.45. The van der Waals surface area contributed by atoms with Crippen molar-refractivity contribution in [3.05, 3.63) is 29.8 Å². The van der Waals surface area contributed by atoms with Crippen molar-refractivity contribution in [1.29, 1.82) is 0 Å². The topological polar surface area (TPSA) is 63.6 Å². The lowest BCUT2D eigenvalue weighted by Crippen LogP contribution is -2.00. The molecule has 0 amide bonds. The second-order valence-corrected chi connectivity index (χ2v) is 4.68. The van der Waals surface area contributed by atoms with Gasteiger partial charge in [0.2, 0.25) is 0 Å². The lowest BCUT2D eigenvalue weighted by Gasteiger charge is -2.05. The van der Waals surface area contributed by atoms with Crippen LogP contribution in [0.15, 0.2) is 28.5 Å². The van der Waals surface area contributed by atoms with Gasteiger partial charge in [-0.05, 0) is 24.8 Å². The van der Waals surface area contributed by atoms with Crippen molar-refractivity contribution in [3.8, 4) is 0 Å². The molecular formula is C12H15N5S. The van der Waals surface area contributed by atoms with Crippen LogP contribution in [-0.4, -0.2) is 27.0 Å². The van der Waals surface area contributed by atoms with Gasteiger partial charge in [-0.15, -0.1) is 0 Å². The smallest absolute Gasteiger partial charge is 0.194 e. The molecule has 0 aliphatic heterocycles. The first-order valence-corrected chi connectivity index (χ1v) is 6.56. The minimum Gasteiger partial charge on any atom is -0.373 e. The molecule has 0 aliphatic rings. The van der Waals surface area contributed by atoms with E-state index in [-0.39, 0.29) is 0 Å². The Morgan fingerprint density at radius 1 is 1.28 bits per heavy atom. The SMILES string of the molecule is CCc1nc(NC)cc(Sc2nccc(C)n2)n1. The van der Waals surface area contributed by atoms with Crippen LogP contribution in [0.4, 0.5) is 5.82 Å². The van der Waals surface area contributed by atoms with Gasteiger partial charge in [0.1, 0.15) is 16.7 Å². The van der Waals surface area contributed by atoms with Gasteiger partial charge < -0.3 is 5.32 Å². The molecule has 0 saturated heterocycles. The Morgan fingerprint density at radius 3 is 2.78 bits per heavy atom. The standard InChI is InChI=1S/C12H15N5S/c1-4-9-16-10(13-3)7-11(17-9)18-12-14-6-5-8(2)15-12/h5-7H,4H2,1-3H3,(H,13,16,17). The third-order valence-electron chi connectivity index (χ3n) is 2.29. The Balaban J connectivity index is 2.28. The zero-order valence-electron chi connectivity index (χ0n) is 10.6. The maximum atomic E-state index is 4.46. The molecule has 0 fully saturated rings. The molecular weight excluding hydrogens is 246 g/mol. The predicted molar refractivity (Wildman–Crippen MR) is 71.8 cm³/mol. The van der Waals surface area contributed by atoms with Crippen molar-refractivity contribution in [3.63, 3.8) is 0 Å². The Kier molecular flexibility index (Phi) is 4.09. The summed E-state index contributed by atoms with van der Waals surface area (Å²) in [5, 5.41) is 4.60. The van der Waals surface area contributed by atoms with E-state index in [9.17, 15) is 0 Å². The molecule has 0 atom stereocenters. The monoisotopic (exact) mass is 261 g/mol. The minimum atomic E-state index is 0.706. The van der Waals surface area contributed by atoms with Gasteiger partial charge in [-0.3, -0.25) is 0 Å². The van der Waals surface area contributed by atoms with Gasteiger partial charge in [0.05, 0.1) is 0 Å². The predicted octanol–water partition coefficient (Wildman–Crippen LogP) is 2.33. The van der Waals surface area contributed by atoms with E-state index in [1.54, 1.807) is 6.20 Å². The van der Waals surface area contributed by atoms with Crippen molar-refractivity contribution in [2.24, 2.45) is 0 Å². The molecule has 2 aromatic heterocycles. The fourth-order valence-electron chi connectivity index (χ4n) is 1.38. The molecule has 0 unspecified atom stereocenters. The number of aromatic nitrogens is 4. The van der Waals surface area contributed by atoms with Gasteiger partial charge >= 0.3 is 0 Å². The van der Waals surface area contributed by atoms with E-state index in [0.717, 1.165) is 28.8 Å². The Hall–Kier alpha value is -1.69. The number of hydrogen-bond donors (Lipinski definition) is 1. The first-order chi connectivity index (χ1) is 8.71. The van der Waals surface area contributed by atoms with Crippen LogP contribution < -0.4 is 5.32 Å². The third kappa shape index (κ3) is 3.16. The quantitative estimate of drug-likeness (QED) is 0.673. The van der Waals surface area contributed by atoms with E-state index in [2.05, 4.69) is 25.3 Å². The number of aryl methyl sites for hydroxylation is 2. The molecule has 94 valence electrons. The first-order valence-electron chi connectivity index (χ1n) is 5.74. The van der Waals surface area contributed by atoms with Gasteiger partial charge in [0.15, 0.2) is 5.16 Å². The minimum absolute atomic E-state index is 0.706. The number of rotatable bonds is 4. The molecule has 2 aromatic rings. The largest absolute Gasteiger partial charge is 0.373 e. The highest BCUT2D eigenvalue weighted by Gasteiger charge is 2.06. The van der Waals surface area contributed by atoms with Crippen molar-refractivity contribution < 1.29 is 0 Å². The molecule has 0 aromatic carbocycles. The van der Waals surface area contributed by atoms with Crippen LogP contribution in [-0.2, 0) is 6.42 Å². The second kappa shape index (κ2) is 5.77. The normalized spacial score (nSPS) is 10.4. The maximum Gasteiger partial charge on any atom is 0.194 e. The molecule has 0 saturated carbocycles. The molecule has 0 aliphatic carbocycles. The summed E-state index contributed by atoms with van der Waals surface area (Å²) in [5.74, 6) is 1.63. The number of hydrogen-bond acceptors (Lipinski definition) is 6. The van der Waals surface area contributed by atoms with Crippen LogP contribution in [0.25, 0.3) is 0 Å². The Labute approximate surface area is 110 Å². The van der Waals surface area contributed by atoms with Crippen LogP contribution in [0.2, 0.25) is 0 Å². The first kappa shape index (κ1) is 12.8. The second-order valence-electron chi connectivity index (χ2n) is 3.69. The summed E-state index contributed by atoms with van der Waals surface area (Å²) in [5.41, 5.74) is 0.950. The van der Waals surface area contributed by atoms with Gasteiger partial charge in [0.25, 0.3) is 0 Å². The summed E-state index contributed by atoms with van der Waals surface area (Å²) in [4.78, 5) is 17.4. The van der Waals surface area contributed by atoms with Crippen LogP contribution >= 0.6 is 11.8 Å². The third-order valence-corrected chi connectivity index (χ3v) is 3.09. The molecule has 18 heavy (non-hydrogen) atoms. The van der Waals surface area contributed by atoms with E-state index in [4.69, 9.17) is 0 Å². The Bertz CT molecular complexity index is 521. The summed E-state index contributed by atoms with van der Waals surface area (Å²) in [7, 11) is 1.85. The maximum absolute atomic E-state index is 4.46. The lowest BCUT2D eigenvalue weighted by molar-refractivity contribution is 0.881. The fourth-order valence-corrected chi connectivity index (χ4v) is 2.19. The molecule has 0 radical (unpaired) electrons. The van der Waals surface area contributed by atoms with Crippen molar-refractivity contribution in [2.45, 2.75) is 30.5 Å². The summed E-state index contributed by atoms with van der Waals surface area (Å²) in [6, 6.07) is 3.77. The van der Waals surface area contributed by atoms with Crippen molar-refractivity contribution in [1.82, 2.24) is 19.9 Å². The highest BCUT2D eigenvalue weighted by molar-refractivity contribution is 7.99. The molecule has 0 bridgehead atoms. The lowest BCUT2D eigenvalue weighted by atomic mass is 10.4. The summed E-state index contributed by atoms with van der Waals surface area (Å²) < 4.78 is 0. The zero-order valence-corrected chi connectivity index (χ0v) is 11.5. The highest BCUT2D eigenvalue weighted by atomic mass is 32.2. The van der Waals surface area contributed by atoms with Gasteiger partial charge in [-0.2, -0.15) is 0 Å². The van der Waals surface area contributed by atoms with Gasteiger partial charge in [-0.1, -0.05) is 6.92 Å². The van der Waals surface area contributed by atoms with E-state index >= 15 is 0 Å². The van der Waals surface area contributed by atoms with Crippen molar-refractivity contribution >= 4 is 17.6 Å². The molecule has 1 N–H and O–H groups in total. The molecule has 5 nitrogen and oxygen atoms in total. The summed E-state index contributed by atoms with van der Waals surface area (Å²) in [6.07, 6.45) is 2.56. The van der Waals surface area contributed by atoms with Gasteiger partial charge in [0, 0.05) is 31.4 Å². The molecule has 6 heteroatoms. The van der Waals surface area contributed by atoms with E-state index in [1.165, 1.54) is 11.8 Å². The van der Waals surface area contributed by atoms with Crippen LogP contribution in [0, 0.1) is 6.92 Å². The molecule has 0 spiro atoms. The Morgan fingerprint density at radius 2 is 2.11 bits per heavy atom. The van der Waals surface area contributed by atoms with E-state index in [0.29, 0.717) is 5.16 Å². The van der Waals surface area contributed by atoms with Crippen LogP contribution in [0.3, 0.4) is 0 Å². The highest BCUT2D eigenvalue weighted by Crippen LogP contribution is 2.24. The average molecular weight is 261 g/mol. The zero-order chi connectivity index (χ0) is 13.0. The molecule has 2 rings (SSSR count). The number of nitrogens with zero attached hydrogens (tertiary/aromatic N) is 4. The number of anilines is 1. The van der Waals surface area contributed by atoms with Crippen LogP contribution in [0.5, 0.6) is 0 Å². The van der Waals surface area contributed by atoms with Gasteiger partial charge in [-0.25, -0.2) is 19.9 Å². The summed E-state index contributed by atoms with van der Waals surface area (Å²) in [6.45, 7) is 3.98. The fraction of sp³-hybridized carbons (Fsp3) is 0.333. The van der Waals surface area contributed by atoms with Crippen LogP contribution in [0.1, 0.15) is 18.4 Å². The van der Waals surface area contributed by atoms with E-state index < -0.39 is 0 Å². The average Bonchev–Trinajstić information content (AvgIpc) is 2.38. The molecule has 2 heterocycles. The van der Waals surface area contributed by atoms with E-state index in [1.807, 2.05) is 33.0 Å². The number of nitrogens with one attached hydrogen (secondary N) is 1.